The normalized spacial score (nSPS) is 12.9. The Bertz CT molecular complexity index is 1190. The molecule has 156 valence electrons. The smallest absolute Gasteiger partial charge is 0.251 e. The monoisotopic (exact) mass is 429 g/mol. The van der Waals surface area contributed by atoms with Crippen LogP contribution in [0.25, 0.3) is 11.3 Å². The number of hydrogen-bond acceptors (Lipinski definition) is 7. The van der Waals surface area contributed by atoms with Gasteiger partial charge in [-0.05, 0) is 42.5 Å². The predicted molar refractivity (Wildman–Crippen MR) is 107 cm³/mol. The number of amides is 1. The van der Waals surface area contributed by atoms with Gasteiger partial charge in [0.2, 0.25) is 16.8 Å². The average molecular weight is 429 g/mol. The minimum atomic E-state index is -3.54. The molecule has 0 unspecified atom stereocenters. The molecule has 2 heterocycles. The second kappa shape index (κ2) is 7.81. The molecule has 0 radical (unpaired) electrons. The fourth-order valence-electron chi connectivity index (χ4n) is 2.84. The van der Waals surface area contributed by atoms with E-state index in [2.05, 4.69) is 10.5 Å². The van der Waals surface area contributed by atoms with Crippen molar-refractivity contribution in [3.63, 3.8) is 0 Å². The molecule has 1 aliphatic heterocycles. The predicted octanol–water partition coefficient (Wildman–Crippen LogP) is 2.25. The molecule has 1 aromatic heterocycles. The molecule has 0 spiro atoms. The summed E-state index contributed by atoms with van der Waals surface area (Å²) in [7, 11) is -0.639. The third-order valence-corrected chi connectivity index (χ3v) is 6.37. The summed E-state index contributed by atoms with van der Waals surface area (Å²) in [6, 6.07) is 12.9. The van der Waals surface area contributed by atoms with Crippen LogP contribution in [0, 0.1) is 0 Å². The number of ether oxygens (including phenoxy) is 2. The molecule has 9 nitrogen and oxygen atoms in total. The summed E-state index contributed by atoms with van der Waals surface area (Å²) < 4.78 is 41.3. The second-order valence-corrected chi connectivity index (χ2v) is 8.90. The number of aromatic nitrogens is 1. The number of nitrogens with zero attached hydrogens (tertiary/aromatic N) is 2. The van der Waals surface area contributed by atoms with E-state index in [1.807, 2.05) is 6.07 Å². The molecule has 0 saturated heterocycles. The van der Waals surface area contributed by atoms with E-state index in [0.717, 1.165) is 9.87 Å². The Kier molecular flexibility index (Phi) is 5.18. The van der Waals surface area contributed by atoms with Crippen molar-refractivity contribution in [3.05, 3.63) is 59.8 Å². The van der Waals surface area contributed by atoms with Crippen LogP contribution in [0.5, 0.6) is 11.5 Å². The van der Waals surface area contributed by atoms with Gasteiger partial charge in [-0.25, -0.2) is 12.7 Å². The fourth-order valence-corrected chi connectivity index (χ4v) is 3.74. The Hall–Kier alpha value is -3.37. The lowest BCUT2D eigenvalue weighted by Gasteiger charge is -2.11. The summed E-state index contributed by atoms with van der Waals surface area (Å²) in [5, 5.41) is 6.71. The first kappa shape index (κ1) is 19.9. The molecule has 10 heteroatoms. The summed E-state index contributed by atoms with van der Waals surface area (Å²) in [6.45, 7) is 0.346. The number of hydrogen-bond donors (Lipinski definition) is 1. The lowest BCUT2D eigenvalue weighted by molar-refractivity contribution is 0.0950. The minimum Gasteiger partial charge on any atom is -0.454 e. The van der Waals surface area contributed by atoms with E-state index >= 15 is 0 Å². The molecule has 2 aromatic carbocycles. The van der Waals surface area contributed by atoms with E-state index in [0.29, 0.717) is 28.5 Å². The van der Waals surface area contributed by atoms with Gasteiger partial charge >= 0.3 is 0 Å². The Morgan fingerprint density at radius 3 is 2.53 bits per heavy atom. The molecule has 3 aromatic rings. The molecule has 1 aliphatic rings. The lowest BCUT2D eigenvalue weighted by Crippen LogP contribution is -2.24. The van der Waals surface area contributed by atoms with Crippen molar-refractivity contribution in [2.45, 2.75) is 11.4 Å². The maximum Gasteiger partial charge on any atom is 0.251 e. The summed E-state index contributed by atoms with van der Waals surface area (Å²) in [5.74, 6) is 1.50. The van der Waals surface area contributed by atoms with E-state index in [1.165, 1.54) is 38.4 Å². The van der Waals surface area contributed by atoms with E-state index in [4.69, 9.17) is 14.0 Å². The van der Waals surface area contributed by atoms with Crippen LogP contribution in [0.3, 0.4) is 0 Å². The van der Waals surface area contributed by atoms with Gasteiger partial charge in [-0.1, -0.05) is 5.16 Å². The molecule has 4 rings (SSSR count). The first-order valence-electron chi connectivity index (χ1n) is 9.01. The van der Waals surface area contributed by atoms with E-state index < -0.39 is 10.0 Å². The quantitative estimate of drug-likeness (QED) is 0.640. The van der Waals surface area contributed by atoms with Crippen molar-refractivity contribution in [2.75, 3.05) is 20.9 Å². The van der Waals surface area contributed by atoms with E-state index in [1.54, 1.807) is 18.2 Å². The van der Waals surface area contributed by atoms with Crippen LogP contribution in [0.1, 0.15) is 16.1 Å². The topological polar surface area (TPSA) is 111 Å². The molecular weight excluding hydrogens is 410 g/mol. The van der Waals surface area contributed by atoms with Crippen LogP contribution in [0.4, 0.5) is 0 Å². The van der Waals surface area contributed by atoms with Gasteiger partial charge in [-0.2, -0.15) is 0 Å². The van der Waals surface area contributed by atoms with Crippen molar-refractivity contribution in [2.24, 2.45) is 0 Å². The Morgan fingerprint density at radius 1 is 1.07 bits per heavy atom. The van der Waals surface area contributed by atoms with Gasteiger partial charge in [0.15, 0.2) is 17.3 Å². The first-order chi connectivity index (χ1) is 14.3. The number of carbonyl (C=O) groups excluding carboxylic acids is 1. The minimum absolute atomic E-state index is 0.119. The molecule has 0 atom stereocenters. The average Bonchev–Trinajstić information content (AvgIpc) is 3.40. The molecule has 0 fully saturated rings. The summed E-state index contributed by atoms with van der Waals surface area (Å²) in [6.07, 6.45) is 0. The third kappa shape index (κ3) is 3.87. The second-order valence-electron chi connectivity index (χ2n) is 6.75. The largest absolute Gasteiger partial charge is 0.454 e. The molecule has 1 amide bonds. The van der Waals surface area contributed by atoms with Gasteiger partial charge in [0.1, 0.15) is 5.69 Å². The molecule has 1 N–H and O–H groups in total. The zero-order chi connectivity index (χ0) is 21.3. The number of benzene rings is 2. The maximum absolute atomic E-state index is 12.4. The van der Waals surface area contributed by atoms with Gasteiger partial charge in [-0.3, -0.25) is 4.79 Å². The summed E-state index contributed by atoms with van der Waals surface area (Å²) in [5.41, 5.74) is 1.66. The number of nitrogens with one attached hydrogen (secondary N) is 1. The zero-order valence-electron chi connectivity index (χ0n) is 16.3. The highest BCUT2D eigenvalue weighted by Gasteiger charge is 2.18. The standard InChI is InChI=1S/C20H19N3O6S/c1-23(2)30(25,26)16-6-3-13(4-7-16)20(24)21-11-15-10-18(29-22-15)14-5-8-17-19(9-14)28-12-27-17/h3-10H,11-12H2,1-2H3,(H,21,24). The van der Waals surface area contributed by atoms with Crippen LogP contribution in [-0.4, -0.2) is 44.7 Å². The van der Waals surface area contributed by atoms with Crippen LogP contribution in [0.15, 0.2) is 57.9 Å². The zero-order valence-corrected chi connectivity index (χ0v) is 17.1. The van der Waals surface area contributed by atoms with Gasteiger partial charge in [0.25, 0.3) is 5.91 Å². The van der Waals surface area contributed by atoms with Crippen LogP contribution < -0.4 is 14.8 Å². The van der Waals surface area contributed by atoms with Crippen molar-refractivity contribution in [1.29, 1.82) is 0 Å². The molecular formula is C20H19N3O6S. The Morgan fingerprint density at radius 2 is 1.80 bits per heavy atom. The third-order valence-electron chi connectivity index (χ3n) is 4.54. The number of sulfonamides is 1. The summed E-state index contributed by atoms with van der Waals surface area (Å²) >= 11 is 0. The van der Waals surface area contributed by atoms with Crippen LogP contribution in [0.2, 0.25) is 0 Å². The van der Waals surface area contributed by atoms with Crippen molar-refractivity contribution >= 4 is 15.9 Å². The SMILES string of the molecule is CN(C)S(=O)(=O)c1ccc(C(=O)NCc2cc(-c3ccc4c(c3)OCO4)on2)cc1. The fraction of sp³-hybridized carbons (Fsp3) is 0.200. The number of carbonyl (C=O) groups is 1. The highest BCUT2D eigenvalue weighted by molar-refractivity contribution is 7.89. The van der Waals surface area contributed by atoms with E-state index in [9.17, 15) is 13.2 Å². The van der Waals surface area contributed by atoms with Crippen molar-refractivity contribution in [1.82, 2.24) is 14.8 Å². The molecule has 30 heavy (non-hydrogen) atoms. The van der Waals surface area contributed by atoms with Gasteiger partial charge < -0.3 is 19.3 Å². The Labute approximate surface area is 173 Å². The molecule has 0 saturated carbocycles. The first-order valence-corrected chi connectivity index (χ1v) is 10.4. The van der Waals surface area contributed by atoms with Crippen LogP contribution in [-0.2, 0) is 16.6 Å². The van der Waals surface area contributed by atoms with Crippen molar-refractivity contribution in [3.8, 4) is 22.8 Å². The maximum atomic E-state index is 12.4. The van der Waals surface area contributed by atoms with Gasteiger partial charge in [0.05, 0.1) is 11.4 Å². The van der Waals surface area contributed by atoms with Crippen molar-refractivity contribution < 1.29 is 27.2 Å². The summed E-state index contributed by atoms with van der Waals surface area (Å²) in [4.78, 5) is 12.5. The molecule has 0 bridgehead atoms. The lowest BCUT2D eigenvalue weighted by atomic mass is 10.1. The number of fused-ring (bicyclic) bond motifs is 1. The van der Waals surface area contributed by atoms with Gasteiger partial charge in [0, 0.05) is 31.3 Å². The van der Waals surface area contributed by atoms with Gasteiger partial charge in [-0.15, -0.1) is 0 Å². The van der Waals surface area contributed by atoms with Crippen LogP contribution >= 0.6 is 0 Å². The highest BCUT2D eigenvalue weighted by atomic mass is 32.2. The van der Waals surface area contributed by atoms with E-state index in [-0.39, 0.29) is 24.1 Å². The highest BCUT2D eigenvalue weighted by Crippen LogP contribution is 2.36. The number of rotatable bonds is 6. The molecule has 0 aliphatic carbocycles. The Balaban J connectivity index is 1.40.